The molecule has 0 radical (unpaired) electrons. The molecular weight excluding hydrogens is 362 g/mol. The van der Waals surface area contributed by atoms with Gasteiger partial charge in [-0.15, -0.1) is 0 Å². The number of nitrogens with zero attached hydrogens (tertiary/aromatic N) is 3. The molecule has 110 valence electrons. The van der Waals surface area contributed by atoms with Gasteiger partial charge in [-0.2, -0.15) is 13.0 Å². The molecule has 0 amide bonds. The van der Waals surface area contributed by atoms with E-state index < -0.39 is 10.0 Å². The monoisotopic (exact) mass is 377 g/mol. The smallest absolute Gasteiger partial charge is 0.207 e. The summed E-state index contributed by atoms with van der Waals surface area (Å²) in [5, 5.41) is 0.612. The molecule has 1 aliphatic heterocycles. The summed E-state index contributed by atoms with van der Waals surface area (Å²) < 4.78 is 35.3. The van der Waals surface area contributed by atoms with Gasteiger partial charge in [-0.1, -0.05) is 35.3 Å². The molecule has 0 aromatic heterocycles. The maximum absolute atomic E-state index is 12.8. The van der Waals surface area contributed by atoms with Gasteiger partial charge in [0.25, 0.3) is 0 Å². The third-order valence-corrected chi connectivity index (χ3v) is 5.79. The summed E-state index contributed by atoms with van der Waals surface area (Å²) in [6, 6.07) is 5.09. The highest BCUT2D eigenvalue weighted by molar-refractivity contribution is 9.09. The summed E-state index contributed by atoms with van der Waals surface area (Å²) in [6.07, 6.45) is 1.80. The van der Waals surface area contributed by atoms with Crippen LogP contribution in [0.5, 0.6) is 0 Å². The van der Waals surface area contributed by atoms with E-state index >= 15 is 0 Å². The third kappa shape index (κ3) is 3.19. The SMILES string of the molecule is CCCCN(CCBr)S(=O)(=O)c1cccc2c1N=S=N2. The molecule has 0 bridgehead atoms. The lowest BCUT2D eigenvalue weighted by Gasteiger charge is -2.21. The van der Waals surface area contributed by atoms with Gasteiger partial charge in [0.2, 0.25) is 10.0 Å². The van der Waals surface area contributed by atoms with Crippen molar-refractivity contribution in [2.24, 2.45) is 8.73 Å². The highest BCUT2D eigenvalue weighted by Gasteiger charge is 2.28. The number of hydrogen-bond acceptors (Lipinski definition) is 4. The minimum Gasteiger partial charge on any atom is -0.207 e. The zero-order chi connectivity index (χ0) is 14.6. The summed E-state index contributed by atoms with van der Waals surface area (Å²) in [7, 11) is -3.52. The van der Waals surface area contributed by atoms with E-state index in [-0.39, 0.29) is 4.90 Å². The number of hydrogen-bond donors (Lipinski definition) is 0. The van der Waals surface area contributed by atoms with Crippen molar-refractivity contribution in [2.75, 3.05) is 18.4 Å². The van der Waals surface area contributed by atoms with Crippen LogP contribution in [0.2, 0.25) is 0 Å². The van der Waals surface area contributed by atoms with Crippen molar-refractivity contribution in [2.45, 2.75) is 24.7 Å². The molecule has 0 N–H and O–H groups in total. The Morgan fingerprint density at radius 3 is 2.80 bits per heavy atom. The summed E-state index contributed by atoms with van der Waals surface area (Å²) in [6.45, 7) is 3.03. The fourth-order valence-corrected chi connectivity index (χ4v) is 4.80. The third-order valence-electron chi connectivity index (χ3n) is 2.96. The molecule has 5 nitrogen and oxygen atoms in total. The predicted molar refractivity (Wildman–Crippen MR) is 85.4 cm³/mol. The second-order valence-corrected chi connectivity index (χ2v) is 7.56. The van der Waals surface area contributed by atoms with Crippen LogP contribution >= 0.6 is 15.9 Å². The highest BCUT2D eigenvalue weighted by Crippen LogP contribution is 2.38. The summed E-state index contributed by atoms with van der Waals surface area (Å²) in [5.41, 5.74) is 1.10. The Labute approximate surface area is 131 Å². The maximum Gasteiger partial charge on any atom is 0.245 e. The van der Waals surface area contributed by atoms with Crippen molar-refractivity contribution >= 4 is 48.7 Å². The van der Waals surface area contributed by atoms with Crippen LogP contribution in [0.1, 0.15) is 19.8 Å². The predicted octanol–water partition coefficient (Wildman–Crippen LogP) is 3.60. The standard InChI is InChI=1S/C12H16BrN3O2S2/c1-2-3-8-16(9-7-13)20(17,18)11-6-4-5-10-12(11)15-19-14-10/h4-6H,2-3,7-9H2,1H3. The van der Waals surface area contributed by atoms with Crippen molar-refractivity contribution < 1.29 is 8.42 Å². The number of alkyl halides is 1. The van der Waals surface area contributed by atoms with Crippen LogP contribution in [0.3, 0.4) is 0 Å². The van der Waals surface area contributed by atoms with Crippen LogP contribution in [0, 0.1) is 0 Å². The Morgan fingerprint density at radius 2 is 2.10 bits per heavy atom. The van der Waals surface area contributed by atoms with Crippen molar-refractivity contribution in [1.29, 1.82) is 0 Å². The minimum absolute atomic E-state index is 0.251. The average molecular weight is 378 g/mol. The summed E-state index contributed by atoms with van der Waals surface area (Å²) in [5.74, 6) is 0. The first-order chi connectivity index (χ1) is 9.61. The van der Waals surface area contributed by atoms with Gasteiger partial charge in [-0.3, -0.25) is 0 Å². The summed E-state index contributed by atoms with van der Waals surface area (Å²) >= 11 is 4.35. The second kappa shape index (κ2) is 6.93. The van der Waals surface area contributed by atoms with Crippen LogP contribution in [0.4, 0.5) is 11.4 Å². The molecule has 0 spiro atoms. The zero-order valence-electron chi connectivity index (χ0n) is 11.1. The number of fused-ring (bicyclic) bond motifs is 1. The Balaban J connectivity index is 2.38. The fraction of sp³-hybridized carbons (Fsp3) is 0.500. The van der Waals surface area contributed by atoms with Crippen molar-refractivity contribution in [3.8, 4) is 0 Å². The molecule has 0 fully saturated rings. The number of halogens is 1. The molecule has 0 saturated carbocycles. The lowest BCUT2D eigenvalue weighted by molar-refractivity contribution is 0.422. The van der Waals surface area contributed by atoms with Gasteiger partial charge in [-0.25, -0.2) is 8.42 Å². The average Bonchev–Trinajstić information content (AvgIpc) is 2.91. The van der Waals surface area contributed by atoms with E-state index in [1.165, 1.54) is 4.31 Å². The molecule has 1 aliphatic rings. The van der Waals surface area contributed by atoms with Gasteiger partial charge in [0, 0.05) is 18.4 Å². The molecule has 0 atom stereocenters. The van der Waals surface area contributed by atoms with Crippen molar-refractivity contribution in [3.63, 3.8) is 0 Å². The van der Waals surface area contributed by atoms with E-state index in [0.29, 0.717) is 29.8 Å². The van der Waals surface area contributed by atoms with Gasteiger partial charge in [0.05, 0.1) is 11.4 Å². The van der Waals surface area contributed by atoms with Crippen molar-refractivity contribution in [1.82, 2.24) is 4.31 Å². The maximum atomic E-state index is 12.8. The molecule has 1 aromatic carbocycles. The zero-order valence-corrected chi connectivity index (χ0v) is 14.3. The van der Waals surface area contributed by atoms with Crippen LogP contribution in [0.15, 0.2) is 31.8 Å². The number of benzene rings is 1. The van der Waals surface area contributed by atoms with Gasteiger partial charge in [0.15, 0.2) is 0 Å². The first-order valence-electron chi connectivity index (χ1n) is 6.38. The lowest BCUT2D eigenvalue weighted by atomic mass is 10.3. The van der Waals surface area contributed by atoms with E-state index in [4.69, 9.17) is 0 Å². The normalized spacial score (nSPS) is 13.6. The number of sulfonamides is 1. The quantitative estimate of drug-likeness (QED) is 0.691. The molecule has 1 heterocycles. The van der Waals surface area contributed by atoms with Gasteiger partial charge >= 0.3 is 0 Å². The minimum atomic E-state index is -3.52. The molecular formula is C12H16BrN3O2S2. The molecule has 8 heteroatoms. The van der Waals surface area contributed by atoms with Crippen LogP contribution in [-0.4, -0.2) is 31.1 Å². The first kappa shape index (κ1) is 15.8. The molecule has 20 heavy (non-hydrogen) atoms. The van der Waals surface area contributed by atoms with Crippen LogP contribution < -0.4 is 0 Å². The largest absolute Gasteiger partial charge is 0.245 e. The topological polar surface area (TPSA) is 62.1 Å². The van der Waals surface area contributed by atoms with E-state index in [1.807, 2.05) is 6.92 Å². The fourth-order valence-electron chi connectivity index (χ4n) is 1.91. The molecule has 1 aromatic rings. The van der Waals surface area contributed by atoms with E-state index in [2.05, 4.69) is 24.7 Å². The van der Waals surface area contributed by atoms with Gasteiger partial charge in [-0.05, 0) is 18.6 Å². The van der Waals surface area contributed by atoms with Gasteiger partial charge in [0.1, 0.15) is 16.3 Å². The lowest BCUT2D eigenvalue weighted by Crippen LogP contribution is -2.33. The highest BCUT2D eigenvalue weighted by atomic mass is 79.9. The van der Waals surface area contributed by atoms with Crippen molar-refractivity contribution in [3.05, 3.63) is 18.2 Å². The van der Waals surface area contributed by atoms with Gasteiger partial charge < -0.3 is 0 Å². The molecule has 0 unspecified atom stereocenters. The number of unbranched alkanes of at least 4 members (excludes halogenated alkanes) is 1. The van der Waals surface area contributed by atoms with E-state index in [9.17, 15) is 8.42 Å². The Kier molecular flexibility index (Phi) is 5.48. The summed E-state index contributed by atoms with van der Waals surface area (Å²) in [4.78, 5) is 0.251. The van der Waals surface area contributed by atoms with E-state index in [1.54, 1.807) is 18.2 Å². The molecule has 0 aliphatic carbocycles. The first-order valence-corrected chi connectivity index (χ1v) is 9.68. The molecule has 2 rings (SSSR count). The second-order valence-electron chi connectivity index (χ2n) is 4.33. The number of rotatable bonds is 7. The van der Waals surface area contributed by atoms with Crippen LogP contribution in [0.25, 0.3) is 0 Å². The Hall–Kier alpha value is -0.570. The Morgan fingerprint density at radius 1 is 1.30 bits per heavy atom. The van der Waals surface area contributed by atoms with E-state index in [0.717, 1.165) is 24.2 Å². The Bertz CT molecular complexity index is 655. The van der Waals surface area contributed by atoms with Crippen LogP contribution in [-0.2, 0) is 21.4 Å². The molecule has 0 saturated heterocycles.